The van der Waals surface area contributed by atoms with E-state index in [1.54, 1.807) is 0 Å². The third-order valence-electron chi connectivity index (χ3n) is 2.32. The first-order chi connectivity index (χ1) is 7.74. The molecule has 0 saturated heterocycles. The highest BCUT2D eigenvalue weighted by atomic mass is 19.1. The van der Waals surface area contributed by atoms with Crippen molar-refractivity contribution >= 4 is 5.91 Å². The highest BCUT2D eigenvalue weighted by Gasteiger charge is 2.22. The lowest BCUT2D eigenvalue weighted by molar-refractivity contribution is 0.0959. The number of carbonyl (C=O) groups excluding carboxylic acids is 1. The van der Waals surface area contributed by atoms with Crippen LogP contribution in [0, 0.1) is 5.82 Å². The fourth-order valence-corrected chi connectivity index (χ4v) is 1.54. The highest BCUT2D eigenvalue weighted by molar-refractivity contribution is 5.97. The summed E-state index contributed by atoms with van der Waals surface area (Å²) in [6.45, 7) is 0.807. The van der Waals surface area contributed by atoms with Crippen LogP contribution in [0.2, 0.25) is 0 Å². The molecule has 1 aliphatic heterocycles. The summed E-state index contributed by atoms with van der Waals surface area (Å²) in [5.41, 5.74) is 0.292. The van der Waals surface area contributed by atoms with Crippen molar-refractivity contribution < 1.29 is 18.7 Å². The lowest BCUT2D eigenvalue weighted by Crippen LogP contribution is -2.19. The minimum Gasteiger partial charge on any atom is -0.489 e. The zero-order valence-electron chi connectivity index (χ0n) is 8.88. The molecule has 1 aromatic carbocycles. The van der Waals surface area contributed by atoms with Crippen LogP contribution >= 0.6 is 0 Å². The lowest BCUT2D eigenvalue weighted by atomic mass is 10.1. The fourth-order valence-electron chi connectivity index (χ4n) is 1.54. The van der Waals surface area contributed by atoms with E-state index in [1.165, 1.54) is 19.2 Å². The van der Waals surface area contributed by atoms with Crippen LogP contribution in [-0.2, 0) is 0 Å². The van der Waals surface area contributed by atoms with Crippen molar-refractivity contribution in [3.8, 4) is 11.5 Å². The second-order valence-corrected chi connectivity index (χ2v) is 3.38. The van der Waals surface area contributed by atoms with Gasteiger partial charge in [0.2, 0.25) is 0 Å². The number of benzene rings is 1. The zero-order valence-corrected chi connectivity index (χ0v) is 8.88. The molecule has 1 aromatic rings. The largest absolute Gasteiger partial charge is 0.489 e. The van der Waals surface area contributed by atoms with Gasteiger partial charge in [0.15, 0.2) is 17.3 Å². The van der Waals surface area contributed by atoms with E-state index in [9.17, 15) is 9.18 Å². The van der Waals surface area contributed by atoms with Crippen LogP contribution in [0.1, 0.15) is 16.8 Å². The quantitative estimate of drug-likeness (QED) is 0.784. The van der Waals surface area contributed by atoms with E-state index in [0.717, 1.165) is 0 Å². The summed E-state index contributed by atoms with van der Waals surface area (Å²) in [7, 11) is 1.51. The average Bonchev–Trinajstić information content (AvgIpc) is 2.55. The molecule has 0 spiro atoms. The van der Waals surface area contributed by atoms with Gasteiger partial charge in [0.05, 0.1) is 18.8 Å². The molecule has 0 radical (unpaired) electrons. The van der Waals surface area contributed by atoms with Crippen LogP contribution in [0.25, 0.3) is 0 Å². The summed E-state index contributed by atoms with van der Waals surface area (Å²) in [5, 5.41) is 2.47. The molecule has 2 rings (SSSR count). The van der Waals surface area contributed by atoms with Gasteiger partial charge in [-0.25, -0.2) is 4.39 Å². The van der Waals surface area contributed by atoms with E-state index in [-0.39, 0.29) is 17.4 Å². The SMILES string of the molecule is CNC(=O)c1ccc(F)c2c1OCCCO2. The molecule has 5 heteroatoms. The summed E-state index contributed by atoms with van der Waals surface area (Å²) < 4.78 is 24.1. The zero-order chi connectivity index (χ0) is 11.5. The normalized spacial score (nSPS) is 14.1. The van der Waals surface area contributed by atoms with E-state index >= 15 is 0 Å². The Labute approximate surface area is 92.4 Å². The smallest absolute Gasteiger partial charge is 0.254 e. The van der Waals surface area contributed by atoms with E-state index in [1.807, 2.05) is 0 Å². The first-order valence-electron chi connectivity index (χ1n) is 5.04. The van der Waals surface area contributed by atoms with Gasteiger partial charge in [0.25, 0.3) is 5.91 Å². The van der Waals surface area contributed by atoms with Crippen LogP contribution in [0.4, 0.5) is 4.39 Å². The predicted molar refractivity (Wildman–Crippen MR) is 55.4 cm³/mol. The van der Waals surface area contributed by atoms with Gasteiger partial charge >= 0.3 is 0 Å². The number of rotatable bonds is 1. The Balaban J connectivity index is 2.51. The number of fused-ring (bicyclic) bond motifs is 1. The van der Waals surface area contributed by atoms with Gasteiger partial charge in [-0.05, 0) is 12.1 Å². The molecule has 0 saturated carbocycles. The van der Waals surface area contributed by atoms with Crippen molar-refractivity contribution in [3.05, 3.63) is 23.5 Å². The minimum absolute atomic E-state index is 0.0265. The molecule has 1 amide bonds. The number of nitrogens with one attached hydrogen (secondary N) is 1. The van der Waals surface area contributed by atoms with Crippen LogP contribution in [0.5, 0.6) is 11.5 Å². The minimum atomic E-state index is -0.510. The molecule has 0 bridgehead atoms. The Kier molecular flexibility index (Phi) is 2.94. The van der Waals surface area contributed by atoms with E-state index in [0.29, 0.717) is 25.2 Å². The first kappa shape index (κ1) is 10.7. The molecule has 1 heterocycles. The number of amides is 1. The van der Waals surface area contributed by atoms with Crippen LogP contribution < -0.4 is 14.8 Å². The van der Waals surface area contributed by atoms with Crippen molar-refractivity contribution in [2.45, 2.75) is 6.42 Å². The van der Waals surface area contributed by atoms with E-state index in [4.69, 9.17) is 9.47 Å². The van der Waals surface area contributed by atoms with Crippen LogP contribution in [0.15, 0.2) is 12.1 Å². The predicted octanol–water partition coefficient (Wildman–Crippen LogP) is 1.35. The van der Waals surface area contributed by atoms with Crippen molar-refractivity contribution in [1.29, 1.82) is 0 Å². The average molecular weight is 225 g/mol. The summed E-state index contributed by atoms with van der Waals surface area (Å²) >= 11 is 0. The monoisotopic (exact) mass is 225 g/mol. The highest BCUT2D eigenvalue weighted by Crippen LogP contribution is 2.35. The third kappa shape index (κ3) is 1.80. The maximum atomic E-state index is 13.5. The van der Waals surface area contributed by atoms with Crippen molar-refractivity contribution in [3.63, 3.8) is 0 Å². The van der Waals surface area contributed by atoms with Gasteiger partial charge in [0.1, 0.15) is 0 Å². The Morgan fingerprint density at radius 2 is 2.00 bits per heavy atom. The number of halogens is 1. The third-order valence-corrected chi connectivity index (χ3v) is 2.32. The number of hydrogen-bond donors (Lipinski definition) is 1. The van der Waals surface area contributed by atoms with Gasteiger partial charge < -0.3 is 14.8 Å². The second-order valence-electron chi connectivity index (χ2n) is 3.38. The Morgan fingerprint density at radius 3 is 2.69 bits per heavy atom. The van der Waals surface area contributed by atoms with E-state index in [2.05, 4.69) is 5.32 Å². The van der Waals surface area contributed by atoms with Crippen molar-refractivity contribution in [1.82, 2.24) is 5.32 Å². The molecule has 0 unspecified atom stereocenters. The van der Waals surface area contributed by atoms with Gasteiger partial charge in [0, 0.05) is 13.5 Å². The fraction of sp³-hybridized carbons (Fsp3) is 0.364. The molecule has 1 aliphatic rings. The Morgan fingerprint density at radius 1 is 1.31 bits per heavy atom. The first-order valence-corrected chi connectivity index (χ1v) is 5.04. The molecule has 4 nitrogen and oxygen atoms in total. The molecule has 16 heavy (non-hydrogen) atoms. The molecule has 0 aliphatic carbocycles. The molecule has 1 N–H and O–H groups in total. The summed E-state index contributed by atoms with van der Waals surface area (Å²) in [5.74, 6) is -0.609. The maximum Gasteiger partial charge on any atom is 0.254 e. The number of hydrogen-bond acceptors (Lipinski definition) is 3. The molecule has 0 atom stereocenters. The summed E-state index contributed by atoms with van der Waals surface area (Å²) in [6.07, 6.45) is 0.668. The molecule has 0 aromatic heterocycles. The van der Waals surface area contributed by atoms with Gasteiger partial charge in [-0.2, -0.15) is 0 Å². The molecular weight excluding hydrogens is 213 g/mol. The number of ether oxygens (including phenoxy) is 2. The van der Waals surface area contributed by atoms with Gasteiger partial charge in [-0.1, -0.05) is 0 Å². The van der Waals surface area contributed by atoms with Crippen molar-refractivity contribution in [2.24, 2.45) is 0 Å². The van der Waals surface area contributed by atoms with Gasteiger partial charge in [-0.15, -0.1) is 0 Å². The topological polar surface area (TPSA) is 47.6 Å². The van der Waals surface area contributed by atoms with Gasteiger partial charge in [-0.3, -0.25) is 4.79 Å². The van der Waals surface area contributed by atoms with Crippen LogP contribution in [-0.4, -0.2) is 26.2 Å². The van der Waals surface area contributed by atoms with E-state index < -0.39 is 5.82 Å². The summed E-state index contributed by atoms with van der Waals surface area (Å²) in [4.78, 5) is 11.5. The Hall–Kier alpha value is -1.78. The molecule has 0 fully saturated rings. The Bertz CT molecular complexity index is 420. The summed E-state index contributed by atoms with van der Waals surface area (Å²) in [6, 6.07) is 2.60. The second kappa shape index (κ2) is 4.38. The maximum absolute atomic E-state index is 13.5. The standard InChI is InChI=1S/C11H12FNO3/c1-13-11(14)7-3-4-8(12)10-9(7)15-5-2-6-16-10/h3-4H,2,5-6H2,1H3,(H,13,14). The molecular formula is C11H12FNO3. The lowest BCUT2D eigenvalue weighted by Gasteiger charge is -2.11. The van der Waals surface area contributed by atoms with Crippen LogP contribution in [0.3, 0.4) is 0 Å². The van der Waals surface area contributed by atoms with Crippen molar-refractivity contribution in [2.75, 3.05) is 20.3 Å². The molecule has 86 valence electrons. The number of carbonyl (C=O) groups is 1.